The van der Waals surface area contributed by atoms with Crippen LogP contribution in [0.25, 0.3) is 0 Å². The first-order chi connectivity index (χ1) is 9.97. The van der Waals surface area contributed by atoms with E-state index in [1.807, 2.05) is 20.8 Å². The van der Waals surface area contributed by atoms with E-state index in [1.165, 1.54) is 0 Å². The molecule has 1 amide bonds. The van der Waals surface area contributed by atoms with Gasteiger partial charge in [0.25, 0.3) is 0 Å². The zero-order valence-corrected chi connectivity index (χ0v) is 15.6. The first-order valence-corrected chi connectivity index (χ1v) is 8.70. The predicted molar refractivity (Wildman–Crippen MR) is 92.0 cm³/mol. The van der Waals surface area contributed by atoms with Gasteiger partial charge in [-0.2, -0.15) is 0 Å². The Morgan fingerprint density at radius 2 is 1.55 bits per heavy atom. The van der Waals surface area contributed by atoms with Crippen LogP contribution in [0.2, 0.25) is 0 Å². The lowest BCUT2D eigenvalue weighted by atomic mass is 9.81. The number of amides is 1. The molecular formula is C18H36N2O2. The summed E-state index contributed by atoms with van der Waals surface area (Å²) in [6, 6.07) is 0.842. The van der Waals surface area contributed by atoms with Gasteiger partial charge in [-0.25, -0.2) is 4.79 Å². The number of nitrogens with one attached hydrogen (secondary N) is 2. The fourth-order valence-electron chi connectivity index (χ4n) is 2.57. The summed E-state index contributed by atoms with van der Waals surface area (Å²) in [4.78, 5) is 11.8. The molecule has 0 heterocycles. The molecule has 0 bridgehead atoms. The Hall–Kier alpha value is -0.770. The summed E-state index contributed by atoms with van der Waals surface area (Å²) in [6.45, 7) is 15.9. The lowest BCUT2D eigenvalue weighted by molar-refractivity contribution is 0.0489. The average molecular weight is 312 g/mol. The molecule has 1 fully saturated rings. The highest BCUT2D eigenvalue weighted by Gasteiger charge is 2.26. The summed E-state index contributed by atoms with van der Waals surface area (Å²) >= 11 is 0. The summed E-state index contributed by atoms with van der Waals surface area (Å²) in [5.41, 5.74) is -0.0750. The van der Waals surface area contributed by atoms with E-state index in [1.54, 1.807) is 0 Å². The van der Waals surface area contributed by atoms with Crippen molar-refractivity contribution in [3.8, 4) is 0 Å². The molecule has 22 heavy (non-hydrogen) atoms. The monoisotopic (exact) mass is 312 g/mol. The van der Waals surface area contributed by atoms with Gasteiger partial charge in [0.05, 0.1) is 0 Å². The summed E-state index contributed by atoms with van der Waals surface area (Å²) in [6.07, 6.45) is 4.02. The molecule has 1 aliphatic rings. The van der Waals surface area contributed by atoms with Crippen LogP contribution in [-0.2, 0) is 4.74 Å². The Bertz CT molecular complexity index is 347. The smallest absolute Gasteiger partial charge is 0.407 e. The molecule has 0 radical (unpaired) electrons. The van der Waals surface area contributed by atoms with E-state index in [-0.39, 0.29) is 12.1 Å². The van der Waals surface area contributed by atoms with Crippen molar-refractivity contribution in [2.45, 2.75) is 91.8 Å². The van der Waals surface area contributed by atoms with E-state index in [0.29, 0.717) is 17.4 Å². The second kappa shape index (κ2) is 7.67. The molecular weight excluding hydrogens is 276 g/mol. The Balaban J connectivity index is 2.25. The van der Waals surface area contributed by atoms with Gasteiger partial charge in [-0.15, -0.1) is 0 Å². The lowest BCUT2D eigenvalue weighted by Crippen LogP contribution is -2.45. The van der Waals surface area contributed by atoms with Crippen molar-refractivity contribution >= 4 is 6.09 Å². The van der Waals surface area contributed by atoms with Gasteiger partial charge in [-0.1, -0.05) is 27.7 Å². The third-order valence-electron chi connectivity index (χ3n) is 4.64. The van der Waals surface area contributed by atoms with Crippen molar-refractivity contribution in [3.05, 3.63) is 0 Å². The molecule has 0 aromatic heterocycles. The molecule has 130 valence electrons. The van der Waals surface area contributed by atoms with Crippen molar-refractivity contribution in [1.82, 2.24) is 10.6 Å². The first-order valence-electron chi connectivity index (χ1n) is 8.70. The summed E-state index contributed by atoms with van der Waals surface area (Å²) in [5, 5.41) is 6.69. The number of hydrogen-bond acceptors (Lipinski definition) is 3. The van der Waals surface area contributed by atoms with Crippen molar-refractivity contribution in [2.75, 3.05) is 6.54 Å². The van der Waals surface area contributed by atoms with Gasteiger partial charge in [0.15, 0.2) is 0 Å². The van der Waals surface area contributed by atoms with Crippen molar-refractivity contribution in [2.24, 2.45) is 11.3 Å². The van der Waals surface area contributed by atoms with Gasteiger partial charge in [0.1, 0.15) is 5.60 Å². The quantitative estimate of drug-likeness (QED) is 0.822. The van der Waals surface area contributed by atoms with E-state index < -0.39 is 5.60 Å². The predicted octanol–water partition coefficient (Wildman–Crippen LogP) is 4.09. The molecule has 0 aromatic rings. The van der Waals surface area contributed by atoms with Crippen molar-refractivity contribution in [3.63, 3.8) is 0 Å². The Morgan fingerprint density at radius 3 is 2.00 bits per heavy atom. The van der Waals surface area contributed by atoms with Crippen LogP contribution in [0.4, 0.5) is 4.79 Å². The summed E-state index contributed by atoms with van der Waals surface area (Å²) < 4.78 is 5.32. The van der Waals surface area contributed by atoms with Crippen LogP contribution in [0.5, 0.6) is 0 Å². The largest absolute Gasteiger partial charge is 0.444 e. The maximum Gasteiger partial charge on any atom is 0.407 e. The molecule has 4 nitrogen and oxygen atoms in total. The van der Waals surface area contributed by atoms with Gasteiger partial charge >= 0.3 is 6.09 Å². The van der Waals surface area contributed by atoms with Gasteiger partial charge in [-0.3, -0.25) is 0 Å². The molecule has 1 aliphatic carbocycles. The third-order valence-corrected chi connectivity index (χ3v) is 4.64. The molecule has 1 saturated carbocycles. The fourth-order valence-corrected chi connectivity index (χ4v) is 2.57. The van der Waals surface area contributed by atoms with E-state index in [2.05, 4.69) is 38.3 Å². The number of ether oxygens (including phenoxy) is 1. The normalized spacial score (nSPS) is 24.7. The molecule has 0 saturated heterocycles. The van der Waals surface area contributed by atoms with Crippen LogP contribution in [0.3, 0.4) is 0 Å². The SMILES string of the molecule is CC(CNC1CCC(NC(=O)OC(C)(C)C)CC1)C(C)(C)C. The summed E-state index contributed by atoms with van der Waals surface area (Å²) in [5.74, 6) is 0.658. The first kappa shape index (κ1) is 19.3. The lowest BCUT2D eigenvalue weighted by Gasteiger charge is -2.33. The minimum Gasteiger partial charge on any atom is -0.444 e. The van der Waals surface area contributed by atoms with Crippen molar-refractivity contribution < 1.29 is 9.53 Å². The Morgan fingerprint density at radius 1 is 1.05 bits per heavy atom. The highest BCUT2D eigenvalue weighted by atomic mass is 16.6. The van der Waals surface area contributed by atoms with Crippen LogP contribution in [0, 0.1) is 11.3 Å². The van der Waals surface area contributed by atoms with Crippen LogP contribution in [0.15, 0.2) is 0 Å². The number of alkyl carbamates (subject to hydrolysis) is 1. The number of hydrogen-bond donors (Lipinski definition) is 2. The molecule has 1 atom stereocenters. The third kappa shape index (κ3) is 7.48. The molecule has 1 rings (SSSR count). The number of carbonyl (C=O) groups excluding carboxylic acids is 1. The number of rotatable bonds is 4. The van der Waals surface area contributed by atoms with Gasteiger partial charge < -0.3 is 15.4 Å². The zero-order chi connectivity index (χ0) is 17.0. The van der Waals surface area contributed by atoms with Crippen molar-refractivity contribution in [1.29, 1.82) is 0 Å². The van der Waals surface area contributed by atoms with Gasteiger partial charge in [-0.05, 0) is 64.3 Å². The highest BCUT2D eigenvalue weighted by Crippen LogP contribution is 2.25. The standard InChI is InChI=1S/C18H36N2O2/c1-13(17(2,3)4)12-19-14-8-10-15(11-9-14)20-16(21)22-18(5,6)7/h13-15,19H,8-12H2,1-7H3,(H,20,21). The maximum absolute atomic E-state index is 11.8. The van der Waals surface area contributed by atoms with Crippen LogP contribution in [-0.4, -0.2) is 30.3 Å². The van der Waals surface area contributed by atoms with E-state index in [9.17, 15) is 4.79 Å². The second-order valence-corrected chi connectivity index (χ2v) is 8.87. The molecule has 4 heteroatoms. The molecule has 0 aliphatic heterocycles. The molecule has 1 unspecified atom stereocenters. The Labute approximate surface area is 136 Å². The zero-order valence-electron chi connectivity index (χ0n) is 15.6. The van der Waals surface area contributed by atoms with Gasteiger partial charge in [0.2, 0.25) is 0 Å². The van der Waals surface area contributed by atoms with Crippen LogP contribution >= 0.6 is 0 Å². The van der Waals surface area contributed by atoms with E-state index >= 15 is 0 Å². The van der Waals surface area contributed by atoms with E-state index in [0.717, 1.165) is 32.2 Å². The van der Waals surface area contributed by atoms with Gasteiger partial charge in [0, 0.05) is 12.1 Å². The molecule has 2 N–H and O–H groups in total. The average Bonchev–Trinajstić information content (AvgIpc) is 2.34. The van der Waals surface area contributed by atoms with Crippen LogP contribution < -0.4 is 10.6 Å². The minimum absolute atomic E-state index is 0.257. The van der Waals surface area contributed by atoms with E-state index in [4.69, 9.17) is 4.74 Å². The Kier molecular flexibility index (Phi) is 6.72. The fraction of sp³-hybridized carbons (Fsp3) is 0.944. The minimum atomic E-state index is -0.425. The second-order valence-electron chi connectivity index (χ2n) is 8.87. The van der Waals surface area contributed by atoms with Crippen LogP contribution in [0.1, 0.15) is 74.1 Å². The molecule has 0 aromatic carbocycles. The molecule has 0 spiro atoms. The summed E-state index contributed by atoms with van der Waals surface area (Å²) in [7, 11) is 0. The maximum atomic E-state index is 11.8. The topological polar surface area (TPSA) is 50.4 Å². The highest BCUT2D eigenvalue weighted by molar-refractivity contribution is 5.68. The number of carbonyl (C=O) groups is 1.